The highest BCUT2D eigenvalue weighted by atomic mass is 79.9. The molecule has 2 aliphatic carbocycles. The van der Waals surface area contributed by atoms with Gasteiger partial charge in [0.05, 0.1) is 23.4 Å². The molecule has 8 heteroatoms. The first-order chi connectivity index (χ1) is 16.8. The molecule has 35 heavy (non-hydrogen) atoms. The Balaban J connectivity index is 1.15. The Hall–Kier alpha value is -3.26. The Kier molecular flexibility index (Phi) is 5.18. The van der Waals surface area contributed by atoms with Crippen LogP contribution >= 0.6 is 15.9 Å². The number of rotatable bonds is 4. The van der Waals surface area contributed by atoms with Crippen LogP contribution in [-0.2, 0) is 19.2 Å². The van der Waals surface area contributed by atoms with Gasteiger partial charge in [0.1, 0.15) is 5.75 Å². The molecule has 1 saturated carbocycles. The summed E-state index contributed by atoms with van der Waals surface area (Å²) in [6, 6.07) is 12.3. The molecular weight excluding hydrogens is 512 g/mol. The Morgan fingerprint density at radius 1 is 0.971 bits per heavy atom. The van der Waals surface area contributed by atoms with Crippen LogP contribution in [0.1, 0.15) is 18.4 Å². The lowest BCUT2D eigenvalue weighted by atomic mass is 9.85. The molecule has 0 spiro atoms. The van der Waals surface area contributed by atoms with Gasteiger partial charge in [0.2, 0.25) is 17.7 Å². The smallest absolute Gasteiger partial charge is 0.316 e. The average molecular weight is 535 g/mol. The van der Waals surface area contributed by atoms with E-state index in [0.717, 1.165) is 16.6 Å². The third-order valence-electron chi connectivity index (χ3n) is 7.69. The summed E-state index contributed by atoms with van der Waals surface area (Å²) in [6.07, 6.45) is 5.11. The van der Waals surface area contributed by atoms with E-state index >= 15 is 0 Å². The number of hydrogen-bond donors (Lipinski definition) is 0. The van der Waals surface area contributed by atoms with Crippen molar-refractivity contribution in [2.45, 2.75) is 19.8 Å². The van der Waals surface area contributed by atoms with Crippen LogP contribution in [0.25, 0.3) is 0 Å². The highest BCUT2D eigenvalue weighted by Crippen LogP contribution is 2.53. The van der Waals surface area contributed by atoms with Gasteiger partial charge >= 0.3 is 5.97 Å². The first-order valence-electron chi connectivity index (χ1n) is 11.8. The Bertz CT molecular complexity index is 1270. The number of anilines is 2. The van der Waals surface area contributed by atoms with Crippen LogP contribution in [0.3, 0.4) is 0 Å². The predicted molar refractivity (Wildman–Crippen MR) is 132 cm³/mol. The van der Waals surface area contributed by atoms with Crippen LogP contribution in [-0.4, -0.2) is 30.2 Å². The molecule has 2 aliphatic heterocycles. The minimum atomic E-state index is -0.574. The largest absolute Gasteiger partial charge is 0.426 e. The van der Waals surface area contributed by atoms with Crippen molar-refractivity contribution in [1.29, 1.82) is 0 Å². The Morgan fingerprint density at radius 3 is 2.26 bits per heavy atom. The number of imide groups is 1. The van der Waals surface area contributed by atoms with Gasteiger partial charge < -0.3 is 9.64 Å². The monoisotopic (exact) mass is 534 g/mol. The molecule has 0 aromatic heterocycles. The zero-order valence-corrected chi connectivity index (χ0v) is 20.6. The summed E-state index contributed by atoms with van der Waals surface area (Å²) in [5.74, 6) is -1.34. The van der Waals surface area contributed by atoms with Gasteiger partial charge in [-0.3, -0.25) is 19.2 Å². The van der Waals surface area contributed by atoms with Gasteiger partial charge in [0, 0.05) is 23.1 Å². The number of halogens is 1. The number of benzene rings is 2. The van der Waals surface area contributed by atoms with E-state index in [4.69, 9.17) is 4.74 Å². The van der Waals surface area contributed by atoms with E-state index in [1.807, 2.05) is 24.3 Å². The minimum Gasteiger partial charge on any atom is -0.426 e. The van der Waals surface area contributed by atoms with E-state index in [2.05, 4.69) is 28.1 Å². The lowest BCUT2D eigenvalue weighted by Crippen LogP contribution is -2.33. The topological polar surface area (TPSA) is 84.0 Å². The molecule has 2 bridgehead atoms. The lowest BCUT2D eigenvalue weighted by Gasteiger charge is -2.20. The number of carbonyl (C=O) groups excluding carboxylic acids is 4. The van der Waals surface area contributed by atoms with E-state index in [0.29, 0.717) is 17.0 Å². The van der Waals surface area contributed by atoms with Gasteiger partial charge in [0.25, 0.3) is 0 Å². The standard InChI is InChI=1S/C27H23BrN2O5/c1-14-10-20(35-27(34)17-12-22(31)29(13-17)19-6-4-18(28)5-7-19)8-9-21(14)30-25(32)23-15-2-3-16(11-15)24(23)26(30)33/h2-10,15-17,23-24H,11-13H2,1H3/t15-,16-,17-,23-,24+/m0/s1. The molecule has 178 valence electrons. The first-order valence-corrected chi connectivity index (χ1v) is 12.6. The van der Waals surface area contributed by atoms with Crippen molar-refractivity contribution in [1.82, 2.24) is 0 Å². The van der Waals surface area contributed by atoms with E-state index in [-0.39, 0.29) is 54.4 Å². The second-order valence-corrected chi connectivity index (χ2v) is 10.7. The van der Waals surface area contributed by atoms with E-state index < -0.39 is 11.9 Å². The predicted octanol–water partition coefficient (Wildman–Crippen LogP) is 4.03. The molecule has 2 heterocycles. The zero-order chi connectivity index (χ0) is 24.4. The number of hydrogen-bond acceptors (Lipinski definition) is 5. The second-order valence-electron chi connectivity index (χ2n) is 9.76. The Morgan fingerprint density at radius 2 is 1.63 bits per heavy atom. The molecule has 3 fully saturated rings. The van der Waals surface area contributed by atoms with Gasteiger partial charge in [-0.15, -0.1) is 0 Å². The maximum atomic E-state index is 13.1. The average Bonchev–Trinajstić information content (AvgIpc) is 3.59. The molecule has 6 rings (SSSR count). The number of allylic oxidation sites excluding steroid dienone is 2. The number of esters is 1. The summed E-state index contributed by atoms with van der Waals surface area (Å²) < 4.78 is 6.51. The lowest BCUT2D eigenvalue weighted by molar-refractivity contribution is -0.139. The number of nitrogens with zero attached hydrogens (tertiary/aromatic N) is 2. The maximum Gasteiger partial charge on any atom is 0.316 e. The van der Waals surface area contributed by atoms with Crippen molar-refractivity contribution in [3.05, 3.63) is 64.7 Å². The third-order valence-corrected chi connectivity index (χ3v) is 8.22. The van der Waals surface area contributed by atoms with E-state index in [9.17, 15) is 19.2 Å². The van der Waals surface area contributed by atoms with Crippen LogP contribution in [0.5, 0.6) is 5.75 Å². The number of fused-ring (bicyclic) bond motifs is 5. The van der Waals surface area contributed by atoms with Crippen LogP contribution in [0.15, 0.2) is 59.1 Å². The number of amides is 3. The summed E-state index contributed by atoms with van der Waals surface area (Å²) in [5, 5.41) is 0. The van der Waals surface area contributed by atoms with Crippen molar-refractivity contribution in [3.63, 3.8) is 0 Å². The highest BCUT2D eigenvalue weighted by Gasteiger charge is 2.59. The second kappa shape index (κ2) is 8.16. The maximum absolute atomic E-state index is 13.1. The molecule has 2 saturated heterocycles. The van der Waals surface area contributed by atoms with Crippen molar-refractivity contribution < 1.29 is 23.9 Å². The SMILES string of the molecule is Cc1cc(OC(=O)[C@H]2CC(=O)N(c3ccc(Br)cc3)C2)ccc1N1C(=O)[C@@H]2[C@H](C1=O)[C@H]1C=C[C@H]2C1. The highest BCUT2D eigenvalue weighted by molar-refractivity contribution is 9.10. The minimum absolute atomic E-state index is 0.0852. The summed E-state index contributed by atoms with van der Waals surface area (Å²) >= 11 is 3.38. The normalized spacial score (nSPS) is 28.9. The Labute approximate surface area is 210 Å². The van der Waals surface area contributed by atoms with E-state index in [1.165, 1.54) is 4.90 Å². The van der Waals surface area contributed by atoms with Gasteiger partial charge in [-0.05, 0) is 73.2 Å². The van der Waals surface area contributed by atoms with Crippen LogP contribution in [0.2, 0.25) is 0 Å². The molecule has 0 radical (unpaired) electrons. The molecule has 0 unspecified atom stereocenters. The van der Waals surface area contributed by atoms with Crippen LogP contribution in [0, 0.1) is 36.5 Å². The molecule has 5 atom stereocenters. The van der Waals surface area contributed by atoms with E-state index in [1.54, 1.807) is 30.0 Å². The van der Waals surface area contributed by atoms with Gasteiger partial charge in [-0.25, -0.2) is 4.90 Å². The third kappa shape index (κ3) is 3.54. The van der Waals surface area contributed by atoms with Crippen LogP contribution in [0.4, 0.5) is 11.4 Å². The fourth-order valence-corrected chi connectivity index (χ4v) is 6.28. The van der Waals surface area contributed by atoms with Gasteiger partial charge in [0.15, 0.2) is 0 Å². The fourth-order valence-electron chi connectivity index (χ4n) is 6.02. The molecular formula is C27H23BrN2O5. The fraction of sp³-hybridized carbons (Fsp3) is 0.333. The number of carbonyl (C=O) groups is 4. The van der Waals surface area contributed by atoms with Crippen molar-refractivity contribution in [2.24, 2.45) is 29.6 Å². The molecule has 0 N–H and O–H groups in total. The van der Waals surface area contributed by atoms with Crippen molar-refractivity contribution >= 4 is 51.0 Å². The molecule has 2 aromatic rings. The summed E-state index contributed by atoms with van der Waals surface area (Å²) in [5.41, 5.74) is 1.95. The molecule has 2 aromatic carbocycles. The number of aryl methyl sites for hydroxylation is 1. The molecule has 4 aliphatic rings. The molecule has 3 amide bonds. The number of ether oxygens (including phenoxy) is 1. The zero-order valence-electron chi connectivity index (χ0n) is 19.0. The summed E-state index contributed by atoms with van der Waals surface area (Å²) in [6.45, 7) is 2.05. The van der Waals surface area contributed by atoms with Gasteiger partial charge in [-0.2, -0.15) is 0 Å². The summed E-state index contributed by atoms with van der Waals surface area (Å²) in [7, 11) is 0. The first kappa shape index (κ1) is 22.2. The van der Waals surface area contributed by atoms with Gasteiger partial charge in [-0.1, -0.05) is 28.1 Å². The quantitative estimate of drug-likeness (QED) is 0.256. The molecule has 7 nitrogen and oxygen atoms in total. The van der Waals surface area contributed by atoms with Crippen LogP contribution < -0.4 is 14.5 Å². The van der Waals surface area contributed by atoms with Crippen molar-refractivity contribution in [3.8, 4) is 5.75 Å². The summed E-state index contributed by atoms with van der Waals surface area (Å²) in [4.78, 5) is 54.5. The van der Waals surface area contributed by atoms with Crippen molar-refractivity contribution in [2.75, 3.05) is 16.3 Å².